The van der Waals surface area contributed by atoms with E-state index in [1.165, 1.54) is 22.0 Å². The molecule has 0 saturated heterocycles. The fourth-order valence-electron chi connectivity index (χ4n) is 5.51. The Morgan fingerprint density at radius 2 is 1.68 bits per heavy atom. The van der Waals surface area contributed by atoms with Gasteiger partial charge in [0.05, 0.1) is 22.2 Å². The predicted octanol–water partition coefficient (Wildman–Crippen LogP) is 8.75. The van der Waals surface area contributed by atoms with Gasteiger partial charge in [0.1, 0.15) is 0 Å². The summed E-state index contributed by atoms with van der Waals surface area (Å²) in [7, 11) is -1.58. The molecule has 5 aromatic rings. The number of nitrogens with zero attached hydrogens (tertiary/aromatic N) is 2. The fraction of sp³-hybridized carbons (Fsp3) is 0.412. The summed E-state index contributed by atoms with van der Waals surface area (Å²) in [4.78, 5) is 16.2. The van der Waals surface area contributed by atoms with Crippen molar-refractivity contribution in [3.63, 3.8) is 0 Å². The van der Waals surface area contributed by atoms with Gasteiger partial charge in [0.15, 0.2) is 5.78 Å². The molecule has 0 atom stereocenters. The maximum absolute atomic E-state index is 11.7. The molecule has 2 aromatic carbocycles. The van der Waals surface area contributed by atoms with Crippen molar-refractivity contribution >= 4 is 57.1 Å². The van der Waals surface area contributed by atoms with E-state index in [0.717, 1.165) is 58.6 Å². The first-order valence-electron chi connectivity index (χ1n) is 15.3. The quantitative estimate of drug-likeness (QED) is 0.0434. The number of aromatic nitrogens is 2. The number of aryl methyl sites for hydroxylation is 1. The molecule has 0 aliphatic carbocycles. The number of fused-ring (bicyclic) bond motifs is 2. The molecule has 4 nitrogen and oxygen atoms in total. The second-order valence-corrected chi connectivity index (χ2v) is 16.7. The summed E-state index contributed by atoms with van der Waals surface area (Å²) >= 11 is 0. The summed E-state index contributed by atoms with van der Waals surface area (Å²) in [6, 6.07) is 11.0. The van der Waals surface area contributed by atoms with Crippen LogP contribution in [0.1, 0.15) is 61.7 Å². The molecule has 1 radical (unpaired) electrons. The fourth-order valence-corrected chi connectivity index (χ4v) is 6.67. The number of aliphatic hydroxyl groups is 1. The molecule has 0 spiro atoms. The Labute approximate surface area is 256 Å². The molecule has 0 bridgehead atoms. The Morgan fingerprint density at radius 3 is 2.27 bits per heavy atom. The molecule has 0 unspecified atom stereocenters. The molecule has 0 fully saturated rings. The largest absolute Gasteiger partial charge is 0.512 e. The number of ketones is 1. The van der Waals surface area contributed by atoms with E-state index >= 15 is 0 Å². The minimum absolute atomic E-state index is 0. The van der Waals surface area contributed by atoms with Crippen LogP contribution in [0.3, 0.4) is 0 Å². The molecular weight excluding hydrogens is 689 g/mol. The number of hydrogen-bond donors (Lipinski definition) is 1. The van der Waals surface area contributed by atoms with Crippen LogP contribution in [-0.2, 0) is 24.9 Å². The van der Waals surface area contributed by atoms with E-state index in [9.17, 15) is 9.90 Å². The van der Waals surface area contributed by atoms with E-state index in [2.05, 4.69) is 68.1 Å². The molecule has 6 heteroatoms. The molecule has 0 aliphatic heterocycles. The number of hydrogen-bond acceptors (Lipinski definition) is 3. The van der Waals surface area contributed by atoms with Crippen LogP contribution in [0.2, 0.25) is 19.6 Å². The van der Waals surface area contributed by atoms with E-state index < -0.39 is 8.07 Å². The average Bonchev–Trinajstić information content (AvgIpc) is 3.27. The monoisotopic (exact) mass is 734 g/mol. The van der Waals surface area contributed by atoms with Gasteiger partial charge in [0.2, 0.25) is 0 Å². The van der Waals surface area contributed by atoms with Gasteiger partial charge < -0.3 is 9.51 Å². The minimum Gasteiger partial charge on any atom is -0.512 e. The molecule has 1 N–H and O–H groups in total. The van der Waals surface area contributed by atoms with Gasteiger partial charge in [-0.2, -0.15) is 0 Å². The summed E-state index contributed by atoms with van der Waals surface area (Å²) < 4.78 is 18.7. The predicted molar refractivity (Wildman–Crippen MR) is 169 cm³/mol. The molecule has 40 heavy (non-hydrogen) atoms. The van der Waals surface area contributed by atoms with E-state index in [1.807, 2.05) is 32.1 Å². The van der Waals surface area contributed by atoms with Gasteiger partial charge in [-0.3, -0.25) is 9.78 Å². The number of para-hydroxylation sites is 1. The Hall–Kier alpha value is -2.53. The minimum atomic E-state index is -1.58. The second kappa shape index (κ2) is 13.0. The Balaban J connectivity index is 0.000000263. The molecule has 215 valence electrons. The van der Waals surface area contributed by atoms with Crippen LogP contribution < -0.4 is 5.19 Å². The van der Waals surface area contributed by atoms with Gasteiger partial charge in [0, 0.05) is 44.2 Å². The normalized spacial score (nSPS) is 13.2. The Kier molecular flexibility index (Phi) is 9.40. The number of pyridine rings is 2. The third kappa shape index (κ3) is 6.05. The van der Waals surface area contributed by atoms with Gasteiger partial charge in [-0.15, -0.1) is 17.0 Å². The second-order valence-electron chi connectivity index (χ2n) is 11.6. The SMILES string of the molecule is CCC(CC)C(=O)/C=C(\O)C(CC)CC.[2H]c1nc2c3c(cc([Si](C)(C)C)cc3c3cccc4c(C)[c-]n2c43)c1[2H].[Ir]. The van der Waals surface area contributed by atoms with Crippen molar-refractivity contribution in [1.29, 1.82) is 0 Å². The third-order valence-corrected chi connectivity index (χ3v) is 10.1. The summed E-state index contributed by atoms with van der Waals surface area (Å²) in [5.41, 5.74) is 2.92. The van der Waals surface area contributed by atoms with Crippen molar-refractivity contribution < 1.29 is 32.7 Å². The number of benzene rings is 2. The van der Waals surface area contributed by atoms with Gasteiger partial charge in [0.25, 0.3) is 0 Å². The van der Waals surface area contributed by atoms with E-state index in [4.69, 9.17) is 2.74 Å². The Morgan fingerprint density at radius 1 is 1.05 bits per heavy atom. The van der Waals surface area contributed by atoms with Gasteiger partial charge in [-0.25, -0.2) is 0 Å². The summed E-state index contributed by atoms with van der Waals surface area (Å²) in [5, 5.41) is 16.3. The molecule has 0 aliphatic rings. The molecule has 3 aromatic heterocycles. The first kappa shape index (κ1) is 29.0. The molecule has 0 amide bonds. The summed E-state index contributed by atoms with van der Waals surface area (Å²) in [6.07, 6.45) is 8.34. The van der Waals surface area contributed by atoms with Crippen molar-refractivity contribution in [2.75, 3.05) is 0 Å². The molecule has 3 heterocycles. The molecule has 5 rings (SSSR count). The number of aliphatic hydroxyl groups excluding tert-OH is 1. The summed E-state index contributed by atoms with van der Waals surface area (Å²) in [6.45, 7) is 17.1. The van der Waals surface area contributed by atoms with E-state index in [1.54, 1.807) is 0 Å². The number of allylic oxidation sites excluding steroid dienone is 2. The van der Waals surface area contributed by atoms with Crippen LogP contribution in [0.15, 0.2) is 54.4 Å². The van der Waals surface area contributed by atoms with Crippen molar-refractivity contribution in [3.05, 3.63) is 66.1 Å². The topological polar surface area (TPSA) is 54.6 Å². The van der Waals surface area contributed by atoms with Gasteiger partial charge >= 0.3 is 0 Å². The number of carbonyl (C=O) groups excluding carboxylic acids is 1. The van der Waals surface area contributed by atoms with E-state index in [-0.39, 0.29) is 55.7 Å². The maximum Gasteiger partial charge on any atom is 0.162 e. The standard InChI is InChI=1S/C21H19N2Si.C13H24O2.Ir/c1-13-12-23-20-16(13)6-5-7-17(20)18-11-15(24(2,3)4)10-14-8-9-22-21(23)19(14)18;1-5-10(6-2)12(14)9-13(15)11(7-3)8-4;/h5-11H,1-4H3;9-11,14H,5-8H2,1-4H3;/q-1;;/b;12-9-;/i8D,9D;;. The third-order valence-electron chi connectivity index (χ3n) is 8.11. The molecular formula is C34H43IrN2O2Si-. The van der Waals surface area contributed by atoms with Gasteiger partial charge in [-0.05, 0) is 53.3 Å². The Bertz CT molecular complexity index is 1750. The maximum atomic E-state index is 11.7. The summed E-state index contributed by atoms with van der Waals surface area (Å²) in [5.74, 6) is 0.547. The van der Waals surface area contributed by atoms with Crippen molar-refractivity contribution in [2.24, 2.45) is 11.8 Å². The van der Waals surface area contributed by atoms with Crippen LogP contribution >= 0.6 is 0 Å². The van der Waals surface area contributed by atoms with Crippen molar-refractivity contribution in [2.45, 2.75) is 79.9 Å². The van der Waals surface area contributed by atoms with Crippen LogP contribution in [0.5, 0.6) is 0 Å². The van der Waals surface area contributed by atoms with Crippen LogP contribution in [-0.4, -0.2) is 28.3 Å². The zero-order valence-corrected chi connectivity index (χ0v) is 28.4. The van der Waals surface area contributed by atoms with Crippen molar-refractivity contribution in [1.82, 2.24) is 9.38 Å². The number of carbonyl (C=O) groups is 1. The average molecular weight is 734 g/mol. The molecule has 0 saturated carbocycles. The zero-order valence-electron chi connectivity index (χ0n) is 27.0. The van der Waals surface area contributed by atoms with Crippen molar-refractivity contribution in [3.8, 4) is 0 Å². The zero-order chi connectivity index (χ0) is 30.2. The van der Waals surface area contributed by atoms with Gasteiger partial charge in [-0.1, -0.05) is 95.4 Å². The first-order valence-corrected chi connectivity index (χ1v) is 17.8. The first-order chi connectivity index (χ1) is 19.4. The van der Waals surface area contributed by atoms with Crippen LogP contribution in [0.25, 0.3) is 38.1 Å². The van der Waals surface area contributed by atoms with E-state index in [0.29, 0.717) is 0 Å². The smallest absolute Gasteiger partial charge is 0.162 e. The van der Waals surface area contributed by atoms with Crippen LogP contribution in [0, 0.1) is 25.0 Å². The number of rotatable bonds is 8. The van der Waals surface area contributed by atoms with Crippen LogP contribution in [0.4, 0.5) is 0 Å².